The fourth-order valence-electron chi connectivity index (χ4n) is 3.54. The molecule has 34 heavy (non-hydrogen) atoms. The van der Waals surface area contributed by atoms with Crippen molar-refractivity contribution in [1.82, 2.24) is 0 Å². The number of hydrogen-bond acceptors (Lipinski definition) is 0. The van der Waals surface area contributed by atoms with E-state index in [-0.39, 0.29) is 0 Å². The summed E-state index contributed by atoms with van der Waals surface area (Å²) in [6.45, 7) is 8.38. The summed E-state index contributed by atoms with van der Waals surface area (Å²) in [6, 6.07) is 33.7. The summed E-state index contributed by atoms with van der Waals surface area (Å²) in [4.78, 5) is 0. The van der Waals surface area contributed by atoms with Gasteiger partial charge in [-0.3, -0.25) is 0 Å². The highest BCUT2D eigenvalue weighted by Crippen LogP contribution is 2.27. The van der Waals surface area contributed by atoms with Crippen LogP contribution in [0.15, 0.2) is 97.1 Å². The molecule has 0 unspecified atom stereocenters. The van der Waals surface area contributed by atoms with Gasteiger partial charge < -0.3 is 0 Å². The van der Waals surface area contributed by atoms with Crippen LogP contribution in [0.25, 0.3) is 11.1 Å². The van der Waals surface area contributed by atoms with Gasteiger partial charge in [-0.15, -0.1) is 0 Å². The van der Waals surface area contributed by atoms with Crippen molar-refractivity contribution in [3.8, 4) is 23.7 Å². The van der Waals surface area contributed by atoms with Crippen LogP contribution in [0.2, 0.25) is 0 Å². The lowest BCUT2D eigenvalue weighted by molar-refractivity contribution is 1.45. The molecule has 0 heteroatoms. The summed E-state index contributed by atoms with van der Waals surface area (Å²) >= 11 is 0. The predicted octanol–water partition coefficient (Wildman–Crippen LogP) is 7.93. The number of allylic oxidation sites excluding steroid dienone is 2. The van der Waals surface area contributed by atoms with Crippen LogP contribution in [0.5, 0.6) is 0 Å². The van der Waals surface area contributed by atoms with Gasteiger partial charge in [0, 0.05) is 22.3 Å². The summed E-state index contributed by atoms with van der Waals surface area (Å²) in [5.74, 6) is 13.7. The second kappa shape index (κ2) is 10.6. The first kappa shape index (κ1) is 22.9. The minimum atomic E-state index is 0.934. The van der Waals surface area contributed by atoms with Gasteiger partial charge in [0.15, 0.2) is 0 Å². The maximum atomic E-state index is 3.48. The molecule has 0 saturated carbocycles. The van der Waals surface area contributed by atoms with E-state index in [1.165, 1.54) is 22.3 Å². The Balaban J connectivity index is 1.94. The predicted molar refractivity (Wildman–Crippen MR) is 145 cm³/mol. The van der Waals surface area contributed by atoms with Crippen molar-refractivity contribution in [2.45, 2.75) is 27.7 Å². The van der Waals surface area contributed by atoms with Crippen LogP contribution < -0.4 is 0 Å². The van der Waals surface area contributed by atoms with E-state index < -0.39 is 0 Å². The average molecular weight is 437 g/mol. The molecule has 4 aromatic carbocycles. The Morgan fingerprint density at radius 2 is 0.647 bits per heavy atom. The van der Waals surface area contributed by atoms with Crippen molar-refractivity contribution in [2.24, 2.45) is 0 Å². The van der Waals surface area contributed by atoms with Crippen LogP contribution >= 0.6 is 0 Å². The van der Waals surface area contributed by atoms with Gasteiger partial charge in [-0.2, -0.15) is 0 Å². The number of benzene rings is 4. The lowest BCUT2D eigenvalue weighted by Crippen LogP contribution is -1.91. The molecule has 0 aliphatic rings. The van der Waals surface area contributed by atoms with E-state index in [1.54, 1.807) is 0 Å². The quantitative estimate of drug-likeness (QED) is 0.221. The molecule has 0 heterocycles. The highest BCUT2D eigenvalue weighted by Gasteiger charge is 2.09. The van der Waals surface area contributed by atoms with Crippen molar-refractivity contribution in [1.29, 1.82) is 0 Å². The minimum absolute atomic E-state index is 0.934. The molecule has 4 rings (SSSR count). The Bertz CT molecular complexity index is 1310. The smallest absolute Gasteiger partial charge is 0.0484 e. The highest BCUT2D eigenvalue weighted by atomic mass is 14.1. The maximum Gasteiger partial charge on any atom is 0.0484 e. The second-order valence-corrected chi connectivity index (χ2v) is 8.71. The van der Waals surface area contributed by atoms with E-state index in [0.717, 1.165) is 33.4 Å². The third kappa shape index (κ3) is 5.95. The van der Waals surface area contributed by atoms with E-state index in [4.69, 9.17) is 0 Å². The number of hydrogen-bond donors (Lipinski definition) is 0. The van der Waals surface area contributed by atoms with Crippen molar-refractivity contribution in [3.05, 3.63) is 142 Å². The van der Waals surface area contributed by atoms with Gasteiger partial charge in [-0.1, -0.05) is 119 Å². The molecule has 0 saturated heterocycles. The van der Waals surface area contributed by atoms with E-state index >= 15 is 0 Å². The number of rotatable bonds is 2. The standard InChI is InChI=1S/C34H28/c1-25-5-13-29(14-6-25)17-23-33(31-19-9-27(3)10-20-31)34(32-21-11-28(4)12-22-32)24-18-30-15-7-26(2)8-16-30/h5-16,19-22H,1-4H3/b34-33+. The molecular formula is C34H28. The summed E-state index contributed by atoms with van der Waals surface area (Å²) in [5, 5.41) is 0. The Morgan fingerprint density at radius 1 is 0.382 bits per heavy atom. The zero-order valence-electron chi connectivity index (χ0n) is 20.2. The second-order valence-electron chi connectivity index (χ2n) is 8.71. The summed E-state index contributed by atoms with van der Waals surface area (Å²) in [7, 11) is 0. The molecule has 0 spiro atoms. The van der Waals surface area contributed by atoms with Crippen LogP contribution in [0.3, 0.4) is 0 Å². The molecule has 0 aromatic heterocycles. The van der Waals surface area contributed by atoms with Crippen LogP contribution in [0.1, 0.15) is 44.5 Å². The van der Waals surface area contributed by atoms with Crippen molar-refractivity contribution >= 4 is 11.1 Å². The third-order valence-electron chi connectivity index (χ3n) is 5.70. The monoisotopic (exact) mass is 436 g/mol. The molecule has 0 fully saturated rings. The van der Waals surface area contributed by atoms with Crippen molar-refractivity contribution < 1.29 is 0 Å². The zero-order chi connectivity index (χ0) is 23.9. The third-order valence-corrected chi connectivity index (χ3v) is 5.70. The van der Waals surface area contributed by atoms with E-state index in [1.807, 2.05) is 0 Å². The fraction of sp³-hybridized carbons (Fsp3) is 0.118. The molecule has 0 nitrogen and oxygen atoms in total. The molecular weight excluding hydrogens is 408 g/mol. The molecule has 0 N–H and O–H groups in total. The Morgan fingerprint density at radius 3 is 0.941 bits per heavy atom. The van der Waals surface area contributed by atoms with Gasteiger partial charge in [0.25, 0.3) is 0 Å². The zero-order valence-corrected chi connectivity index (χ0v) is 20.2. The van der Waals surface area contributed by atoms with Gasteiger partial charge in [-0.05, 0) is 63.1 Å². The highest BCUT2D eigenvalue weighted by molar-refractivity contribution is 6.04. The molecule has 0 bridgehead atoms. The van der Waals surface area contributed by atoms with Crippen molar-refractivity contribution in [2.75, 3.05) is 0 Å². The van der Waals surface area contributed by atoms with Gasteiger partial charge >= 0.3 is 0 Å². The van der Waals surface area contributed by atoms with Crippen LogP contribution in [0, 0.1) is 51.4 Å². The van der Waals surface area contributed by atoms with Gasteiger partial charge in [-0.25, -0.2) is 0 Å². The average Bonchev–Trinajstić information content (AvgIpc) is 2.85. The molecule has 0 amide bonds. The van der Waals surface area contributed by atoms with E-state index in [9.17, 15) is 0 Å². The first-order valence-corrected chi connectivity index (χ1v) is 11.5. The van der Waals surface area contributed by atoms with Gasteiger partial charge in [0.1, 0.15) is 0 Å². The molecule has 0 aliphatic heterocycles. The van der Waals surface area contributed by atoms with Crippen molar-refractivity contribution in [3.63, 3.8) is 0 Å². The molecule has 0 atom stereocenters. The fourth-order valence-corrected chi connectivity index (χ4v) is 3.54. The Kier molecular flexibility index (Phi) is 7.13. The SMILES string of the molecule is Cc1ccc(C#C/C(=C(/C#Cc2ccc(C)cc2)c2ccc(C)cc2)c2ccc(C)cc2)cc1. The topological polar surface area (TPSA) is 0 Å². The largest absolute Gasteiger partial charge is 0.0616 e. The van der Waals surface area contributed by atoms with E-state index in [0.29, 0.717) is 0 Å². The van der Waals surface area contributed by atoms with Gasteiger partial charge in [0.05, 0.1) is 0 Å². The molecule has 164 valence electrons. The first-order chi connectivity index (χ1) is 16.5. The molecule has 0 radical (unpaired) electrons. The lowest BCUT2D eigenvalue weighted by atomic mass is 9.93. The maximum absolute atomic E-state index is 3.48. The Labute approximate surface area is 204 Å². The Hall–Kier alpha value is -4.26. The van der Waals surface area contributed by atoms with E-state index in [2.05, 4.69) is 148 Å². The van der Waals surface area contributed by atoms with Gasteiger partial charge in [0.2, 0.25) is 0 Å². The number of aryl methyl sites for hydroxylation is 4. The van der Waals surface area contributed by atoms with Crippen LogP contribution in [-0.2, 0) is 0 Å². The summed E-state index contributed by atoms with van der Waals surface area (Å²) in [5.41, 5.74) is 10.9. The summed E-state index contributed by atoms with van der Waals surface area (Å²) < 4.78 is 0. The normalized spacial score (nSPS) is 10.9. The minimum Gasteiger partial charge on any atom is -0.0616 e. The summed E-state index contributed by atoms with van der Waals surface area (Å²) in [6.07, 6.45) is 0. The van der Waals surface area contributed by atoms with Crippen LogP contribution in [0.4, 0.5) is 0 Å². The molecule has 4 aromatic rings. The molecule has 0 aliphatic carbocycles. The van der Waals surface area contributed by atoms with Crippen LogP contribution in [-0.4, -0.2) is 0 Å². The first-order valence-electron chi connectivity index (χ1n) is 11.5. The lowest BCUT2D eigenvalue weighted by Gasteiger charge is -2.09.